The molecule has 1 amide bonds. The molecular weight excluding hydrogens is 1040 g/mol. The van der Waals surface area contributed by atoms with Crippen LogP contribution in [0.1, 0.15) is 63.5 Å². The summed E-state index contributed by atoms with van der Waals surface area (Å²) >= 11 is 0. The van der Waals surface area contributed by atoms with Crippen molar-refractivity contribution >= 4 is 37.6 Å². The number of rotatable bonds is 21. The zero-order chi connectivity index (χ0) is 55.0. The number of aryl methyl sites for hydroxylation is 1. The molecule has 2 aliphatic rings. The predicted octanol–water partition coefficient (Wildman–Crippen LogP) is 7.26. The van der Waals surface area contributed by atoms with E-state index >= 15 is 0 Å². The highest BCUT2D eigenvalue weighted by molar-refractivity contribution is 7.41. The number of amides is 1. The predicted molar refractivity (Wildman–Crippen MR) is 289 cm³/mol. The molecule has 79 heavy (non-hydrogen) atoms. The Morgan fingerprint density at radius 1 is 0.709 bits per heavy atom. The molecule has 2 saturated heterocycles. The lowest BCUT2D eigenvalue weighted by molar-refractivity contribution is -0.115. The zero-order valence-corrected chi connectivity index (χ0v) is 44.3. The van der Waals surface area contributed by atoms with E-state index < -0.39 is 79.8 Å². The number of carbonyl (C=O) groups is 2. The van der Waals surface area contributed by atoms with Crippen LogP contribution in [0.3, 0.4) is 0 Å². The van der Waals surface area contributed by atoms with E-state index in [-0.39, 0.29) is 55.2 Å². The molecule has 3 aromatic heterocycles. The molecule has 1 unspecified atom stereocenters. The van der Waals surface area contributed by atoms with E-state index in [0.29, 0.717) is 17.1 Å². The first kappa shape index (κ1) is 54.2. The van der Waals surface area contributed by atoms with Gasteiger partial charge in [0.25, 0.3) is 11.1 Å². The molecule has 0 radical (unpaired) electrons. The SMILES string of the molecule is COc1ccc(C(OC[C@H]2O[C@@H](n3cnc4c(=O)[nH]c(NC(=O)Cc5ccccc5)nc43)C[C@@H]2OP(OC)OC[C@H]2O[C@@H](n3cc(C)c(=O)[nH]c3=O)C[C@@H]2OC(=O)c2ccccc2)(c2ccccc2)c2ccc(OC)cc2)cc1. The Bertz CT molecular complexity index is 3520. The Morgan fingerprint density at radius 2 is 1.29 bits per heavy atom. The van der Waals surface area contributed by atoms with E-state index in [0.717, 1.165) is 22.3 Å². The number of hydrogen-bond donors (Lipinski definition) is 3. The van der Waals surface area contributed by atoms with Crippen LogP contribution < -0.4 is 31.6 Å². The fourth-order valence-electron chi connectivity index (χ4n) is 9.66. The number of esters is 1. The number of hydrogen-bond acceptors (Lipinski definition) is 16. The van der Waals surface area contributed by atoms with E-state index in [4.69, 9.17) is 42.0 Å². The fourth-order valence-corrected chi connectivity index (χ4v) is 10.6. The molecule has 5 heterocycles. The summed E-state index contributed by atoms with van der Waals surface area (Å²) in [6, 6.07) is 42.5. The molecule has 0 saturated carbocycles. The summed E-state index contributed by atoms with van der Waals surface area (Å²) in [5, 5.41) is 2.71. The van der Waals surface area contributed by atoms with E-state index in [1.54, 1.807) is 56.0 Å². The molecule has 5 aromatic carbocycles. The molecule has 7 atom stereocenters. The molecule has 21 nitrogen and oxygen atoms in total. The first-order valence-corrected chi connectivity index (χ1v) is 26.3. The second kappa shape index (κ2) is 24.3. The Hall–Kier alpha value is -8.14. The number of aromatic nitrogens is 6. The van der Waals surface area contributed by atoms with Gasteiger partial charge in [-0.3, -0.25) is 38.8 Å². The van der Waals surface area contributed by atoms with Crippen molar-refractivity contribution in [3.63, 3.8) is 0 Å². The fraction of sp³-hybridized carbons (Fsp3) is 0.281. The highest BCUT2D eigenvalue weighted by atomic mass is 31.2. The van der Waals surface area contributed by atoms with Gasteiger partial charge in [0.05, 0.1) is 51.8 Å². The van der Waals surface area contributed by atoms with E-state index in [1.165, 1.54) is 24.2 Å². The van der Waals surface area contributed by atoms with Crippen molar-refractivity contribution in [2.45, 2.75) is 68.7 Å². The maximum atomic E-state index is 13.5. The number of carbonyl (C=O) groups excluding carboxylic acids is 2. The van der Waals surface area contributed by atoms with Gasteiger partial charge in [-0.05, 0) is 65.6 Å². The summed E-state index contributed by atoms with van der Waals surface area (Å²) in [5.41, 5.74) is 0.709. The van der Waals surface area contributed by atoms with Crippen LogP contribution in [0.5, 0.6) is 11.5 Å². The van der Waals surface area contributed by atoms with Crippen molar-refractivity contribution in [3.8, 4) is 11.5 Å². The van der Waals surface area contributed by atoms with E-state index in [1.807, 2.05) is 109 Å². The molecule has 10 rings (SSSR count). The number of nitrogens with zero attached hydrogens (tertiary/aromatic N) is 4. The Kier molecular flexibility index (Phi) is 16.6. The molecule has 2 fully saturated rings. The number of aromatic amines is 2. The normalized spacial score (nSPS) is 19.5. The number of methoxy groups -OCH3 is 2. The molecule has 2 aliphatic heterocycles. The molecule has 8 aromatic rings. The molecule has 408 valence electrons. The second-order valence-corrected chi connectivity index (χ2v) is 19.9. The third kappa shape index (κ3) is 12.0. The number of benzene rings is 5. The molecule has 3 N–H and O–H groups in total. The first-order chi connectivity index (χ1) is 38.4. The maximum absolute atomic E-state index is 13.5. The quantitative estimate of drug-likeness (QED) is 0.0364. The van der Waals surface area contributed by atoms with Gasteiger partial charge in [0, 0.05) is 31.7 Å². The number of imidazole rings is 1. The van der Waals surface area contributed by atoms with Gasteiger partial charge in [-0.15, -0.1) is 0 Å². The number of nitrogens with one attached hydrogen (secondary N) is 3. The monoisotopic (exact) mass is 1090 g/mol. The van der Waals surface area contributed by atoms with Gasteiger partial charge in [0.1, 0.15) is 47.9 Å². The number of ether oxygens (including phenoxy) is 6. The lowest BCUT2D eigenvalue weighted by atomic mass is 9.80. The van der Waals surface area contributed by atoms with Crippen molar-refractivity contribution in [2.75, 3.05) is 39.9 Å². The van der Waals surface area contributed by atoms with Gasteiger partial charge in [-0.2, -0.15) is 4.98 Å². The van der Waals surface area contributed by atoms with Gasteiger partial charge >= 0.3 is 20.3 Å². The Morgan fingerprint density at radius 3 is 1.92 bits per heavy atom. The van der Waals surface area contributed by atoms with E-state index in [9.17, 15) is 24.0 Å². The van der Waals surface area contributed by atoms with Crippen LogP contribution in [0, 0.1) is 6.92 Å². The van der Waals surface area contributed by atoms with Crippen LogP contribution >= 0.6 is 8.60 Å². The Labute approximate surface area is 453 Å². The average Bonchev–Trinajstić information content (AvgIpc) is 4.37. The second-order valence-electron chi connectivity index (χ2n) is 18.6. The van der Waals surface area contributed by atoms with Crippen molar-refractivity contribution in [2.24, 2.45) is 0 Å². The number of fused-ring (bicyclic) bond motifs is 1. The summed E-state index contributed by atoms with van der Waals surface area (Å²) in [7, 11) is 2.35. The minimum atomic E-state index is -2.26. The average molecular weight is 1090 g/mol. The van der Waals surface area contributed by atoms with Gasteiger partial charge in [0.15, 0.2) is 11.2 Å². The summed E-state index contributed by atoms with van der Waals surface area (Å²) in [4.78, 5) is 79.6. The van der Waals surface area contributed by atoms with Crippen LogP contribution in [0.15, 0.2) is 166 Å². The van der Waals surface area contributed by atoms with Gasteiger partial charge in [-0.25, -0.2) is 14.6 Å². The standard InChI is InChI=1S/C57H56N7O14P/c1-35-31-63(56(69)62-52(35)66)48-29-43(77-54(68)37-16-10-6-11-17-37)46(76-48)33-74-79(72-4)78-44-30-49(64-34-58-50-51(64)60-55(61-53(50)67)59-47(65)28-36-14-8-5-9-15-36)75-45(44)32-73-57(38-18-12-7-13-19-38,39-20-24-41(70-2)25-21-39)40-22-26-42(71-3)27-23-40/h5-27,31,34,43-46,48-49H,28-30,32-33H2,1-4H3,(H,62,66,69)(H2,59,60,61,65,67)/t43-,44-,45+,46+,48+,49+,79?/m0/s1. The van der Waals surface area contributed by atoms with Gasteiger partial charge in [0.2, 0.25) is 11.9 Å². The van der Waals surface area contributed by atoms with Crippen molar-refractivity contribution in [1.29, 1.82) is 0 Å². The van der Waals surface area contributed by atoms with Gasteiger partial charge in [-0.1, -0.05) is 103 Å². The minimum absolute atomic E-state index is 0.00285. The molecule has 0 bridgehead atoms. The number of H-pyrrole nitrogens is 2. The van der Waals surface area contributed by atoms with Gasteiger partial charge < -0.3 is 42.0 Å². The highest BCUT2D eigenvalue weighted by Crippen LogP contribution is 2.48. The third-order valence-electron chi connectivity index (χ3n) is 13.6. The minimum Gasteiger partial charge on any atom is -0.497 e. The van der Waals surface area contributed by atoms with Crippen LogP contribution in [0.25, 0.3) is 11.2 Å². The molecule has 0 aliphatic carbocycles. The third-order valence-corrected chi connectivity index (χ3v) is 14.7. The zero-order valence-electron chi connectivity index (χ0n) is 43.4. The molecular formula is C57H56N7O14P. The largest absolute Gasteiger partial charge is 0.497 e. The lowest BCUT2D eigenvalue weighted by Gasteiger charge is -2.37. The van der Waals surface area contributed by atoms with Crippen LogP contribution in [-0.4, -0.2) is 99.9 Å². The maximum Gasteiger partial charge on any atom is 0.338 e. The lowest BCUT2D eigenvalue weighted by Crippen LogP contribution is -2.38. The van der Waals surface area contributed by atoms with Crippen LogP contribution in [0.4, 0.5) is 5.95 Å². The number of anilines is 1. The van der Waals surface area contributed by atoms with Crippen molar-refractivity contribution in [3.05, 3.63) is 217 Å². The first-order valence-electron chi connectivity index (χ1n) is 25.2. The highest BCUT2D eigenvalue weighted by Gasteiger charge is 2.46. The Balaban J connectivity index is 0.969. The smallest absolute Gasteiger partial charge is 0.338 e. The van der Waals surface area contributed by atoms with Crippen LogP contribution in [-0.2, 0) is 49.3 Å². The summed E-state index contributed by atoms with van der Waals surface area (Å²) in [6.07, 6.45) is -2.42. The summed E-state index contributed by atoms with van der Waals surface area (Å²) in [5.74, 6) is 0.182. The van der Waals surface area contributed by atoms with E-state index in [2.05, 4.69) is 25.3 Å². The molecule has 22 heteroatoms. The summed E-state index contributed by atoms with van der Waals surface area (Å²) < 4.78 is 59.7. The summed E-state index contributed by atoms with van der Waals surface area (Å²) in [6.45, 7) is 1.22. The van der Waals surface area contributed by atoms with Crippen LogP contribution in [0.2, 0.25) is 0 Å². The van der Waals surface area contributed by atoms with Crippen molar-refractivity contribution < 1.29 is 51.6 Å². The molecule has 0 spiro atoms. The van der Waals surface area contributed by atoms with Crippen molar-refractivity contribution in [1.82, 2.24) is 29.1 Å². The topological polar surface area (TPSA) is 248 Å².